The van der Waals surface area contributed by atoms with Crippen molar-refractivity contribution < 1.29 is 52.1 Å². The quantitative estimate of drug-likeness (QED) is 0.0459. The Morgan fingerprint density at radius 3 is 1.54 bits per heavy atom. The number of nitrogens with zero attached hydrogens (tertiary/aromatic N) is 2. The number of likely N-dealkylation sites (N-methyl/N-ethyl adjacent to an activating group) is 1. The highest BCUT2D eigenvalue weighted by Gasteiger charge is 2.29. The van der Waals surface area contributed by atoms with Gasteiger partial charge in [0.2, 0.25) is 5.96 Å². The van der Waals surface area contributed by atoms with E-state index in [4.69, 9.17) is 33.7 Å². The normalized spacial score (nSPS) is 12.4. The van der Waals surface area contributed by atoms with Gasteiger partial charge >= 0.3 is 26.0 Å². The average molecular weight is 612 g/mol. The fraction of sp³-hybridized carbons (Fsp3) is 0.846. The zero-order valence-electron chi connectivity index (χ0n) is 25.0. The van der Waals surface area contributed by atoms with Crippen molar-refractivity contribution in [1.82, 2.24) is 4.90 Å². The van der Waals surface area contributed by atoms with Crippen LogP contribution in [0.25, 0.3) is 0 Å². The van der Waals surface area contributed by atoms with E-state index in [1.807, 2.05) is 20.8 Å². The maximum atomic E-state index is 13.4. The van der Waals surface area contributed by atoms with Crippen molar-refractivity contribution in [3.8, 4) is 0 Å². The average Bonchev–Trinajstić information content (AvgIpc) is 2.93. The Morgan fingerprint density at radius 1 is 0.732 bits per heavy atom. The summed E-state index contributed by atoms with van der Waals surface area (Å²) in [7, 11) is -2.79. The van der Waals surface area contributed by atoms with Gasteiger partial charge < -0.3 is 34.7 Å². The number of nitrogens with two attached hydrogens (primary N) is 1. The number of carbonyl (C=O) groups excluding carboxylic acids is 2. The minimum atomic E-state index is -4.22. The molecule has 0 radical (unpaired) electrons. The van der Waals surface area contributed by atoms with Gasteiger partial charge in [-0.05, 0) is 19.3 Å². The number of carboxylic acids is 1. The van der Waals surface area contributed by atoms with Crippen molar-refractivity contribution in [2.45, 2.75) is 97.4 Å². The molecule has 0 saturated carbocycles. The van der Waals surface area contributed by atoms with Gasteiger partial charge in [0.1, 0.15) is 6.04 Å². The van der Waals surface area contributed by atoms with Crippen molar-refractivity contribution in [3.05, 3.63) is 0 Å². The topological polar surface area (TPSA) is 186 Å². The van der Waals surface area contributed by atoms with Crippen LogP contribution in [0.2, 0.25) is 0 Å². The molecule has 0 bridgehead atoms. The van der Waals surface area contributed by atoms with Gasteiger partial charge in [-0.25, -0.2) is 18.9 Å². The lowest BCUT2D eigenvalue weighted by molar-refractivity contribution is -0.141. The van der Waals surface area contributed by atoms with Crippen molar-refractivity contribution in [3.63, 3.8) is 0 Å². The first kappa shape index (κ1) is 38.4. The van der Waals surface area contributed by atoms with Crippen LogP contribution in [0.15, 0.2) is 4.76 Å². The third-order valence-electron chi connectivity index (χ3n) is 5.63. The smallest absolute Gasteiger partial charge is 0.480 e. The number of carboxylic acid groups (broad SMARTS) is 1. The van der Waals surface area contributed by atoms with Gasteiger partial charge in [0.15, 0.2) is 0 Å². The number of hydrogen-bond acceptors (Lipinski definition) is 10. The molecular formula is C26H50N3O11P. The standard InChI is InChI=1S/C26H50N3O11P/c1-5-8-11-16-35-25(32)37-18-13-20-39-41(34,28-24(27)29(4)22(23(30)31)15-10-7-3)40-21-14-19-38-26(33)36-17-12-9-6-2/h22H,5-21H2,1-4H3,(H,30,31)(H2,27,28,34). The fourth-order valence-electron chi connectivity index (χ4n) is 3.22. The Hall–Kier alpha value is -2.57. The molecule has 0 aromatic rings. The summed E-state index contributed by atoms with van der Waals surface area (Å²) in [5, 5.41) is 9.58. The van der Waals surface area contributed by atoms with Gasteiger partial charge in [0.25, 0.3) is 0 Å². The van der Waals surface area contributed by atoms with E-state index in [-0.39, 0.29) is 58.4 Å². The molecule has 0 amide bonds. The van der Waals surface area contributed by atoms with Crippen LogP contribution >= 0.6 is 7.75 Å². The largest absolute Gasteiger partial charge is 0.508 e. The minimum Gasteiger partial charge on any atom is -0.480 e. The van der Waals surface area contributed by atoms with Gasteiger partial charge in [0, 0.05) is 19.9 Å². The summed E-state index contributed by atoms with van der Waals surface area (Å²) in [6.07, 6.45) is 5.79. The predicted octanol–water partition coefficient (Wildman–Crippen LogP) is 5.48. The maximum absolute atomic E-state index is 13.4. The number of hydrogen-bond donors (Lipinski definition) is 2. The van der Waals surface area contributed by atoms with Gasteiger partial charge in [-0.2, -0.15) is 0 Å². The molecule has 1 atom stereocenters. The SMILES string of the molecule is CCCCCOC(=O)OCCCOP(=O)(N=C(N)N(C)C(CCCC)C(=O)O)OCCCOC(=O)OCCCCC. The Kier molecular flexibility index (Phi) is 22.6. The molecule has 0 fully saturated rings. The van der Waals surface area contributed by atoms with Crippen LogP contribution in [0.5, 0.6) is 0 Å². The second-order valence-corrected chi connectivity index (χ2v) is 10.9. The summed E-state index contributed by atoms with van der Waals surface area (Å²) in [6.45, 7) is 6.08. The zero-order valence-corrected chi connectivity index (χ0v) is 25.9. The molecule has 0 aromatic heterocycles. The minimum absolute atomic E-state index is 0.0575. The first-order valence-corrected chi connectivity index (χ1v) is 15.9. The number of carbonyl (C=O) groups is 3. The molecule has 15 heteroatoms. The first-order valence-electron chi connectivity index (χ1n) is 14.4. The summed E-state index contributed by atoms with van der Waals surface area (Å²) in [5.74, 6) is -1.44. The van der Waals surface area contributed by atoms with Gasteiger partial charge in [-0.3, -0.25) is 9.05 Å². The Bertz CT molecular complexity index is 776. The number of ether oxygens (including phenoxy) is 4. The third kappa shape index (κ3) is 20.0. The van der Waals surface area contributed by atoms with E-state index >= 15 is 0 Å². The van der Waals surface area contributed by atoms with Crippen molar-refractivity contribution in [2.75, 3.05) is 46.7 Å². The van der Waals surface area contributed by atoms with E-state index in [0.717, 1.165) is 44.9 Å². The van der Waals surface area contributed by atoms with Crippen LogP contribution in [0.1, 0.15) is 91.4 Å². The fourth-order valence-corrected chi connectivity index (χ4v) is 4.52. The summed E-state index contributed by atoms with van der Waals surface area (Å²) in [5.41, 5.74) is 6.00. The molecule has 3 N–H and O–H groups in total. The molecule has 240 valence electrons. The molecule has 0 spiro atoms. The number of unbranched alkanes of at least 4 members (excludes halogenated alkanes) is 5. The van der Waals surface area contributed by atoms with Crippen molar-refractivity contribution in [2.24, 2.45) is 10.5 Å². The Labute approximate surface area is 243 Å². The number of guanidine groups is 1. The monoisotopic (exact) mass is 611 g/mol. The molecule has 14 nitrogen and oxygen atoms in total. The molecule has 0 saturated heterocycles. The van der Waals surface area contributed by atoms with Crippen LogP contribution < -0.4 is 5.73 Å². The molecule has 0 aliphatic rings. The molecule has 0 aliphatic carbocycles. The van der Waals surface area contributed by atoms with E-state index < -0.39 is 32.1 Å². The van der Waals surface area contributed by atoms with Crippen LogP contribution in [0.4, 0.5) is 9.59 Å². The van der Waals surface area contributed by atoms with E-state index in [9.17, 15) is 24.1 Å². The van der Waals surface area contributed by atoms with E-state index in [1.165, 1.54) is 11.9 Å². The highest BCUT2D eigenvalue weighted by Crippen LogP contribution is 2.50. The van der Waals surface area contributed by atoms with Crippen molar-refractivity contribution in [1.29, 1.82) is 0 Å². The van der Waals surface area contributed by atoms with Crippen LogP contribution in [0.3, 0.4) is 0 Å². The first-order chi connectivity index (χ1) is 19.6. The predicted molar refractivity (Wildman–Crippen MR) is 153 cm³/mol. The lowest BCUT2D eigenvalue weighted by Crippen LogP contribution is -2.46. The molecule has 0 heterocycles. The van der Waals surface area contributed by atoms with Crippen molar-refractivity contribution >= 4 is 32.0 Å². The molecule has 1 unspecified atom stereocenters. The second-order valence-electron chi connectivity index (χ2n) is 9.22. The highest BCUT2D eigenvalue weighted by atomic mass is 31.2. The van der Waals surface area contributed by atoms with Crippen LogP contribution in [-0.2, 0) is 37.4 Å². The molecule has 0 rings (SSSR count). The summed E-state index contributed by atoms with van der Waals surface area (Å²) in [6, 6.07) is -0.986. The van der Waals surface area contributed by atoms with E-state index in [0.29, 0.717) is 12.8 Å². The summed E-state index contributed by atoms with van der Waals surface area (Å²) >= 11 is 0. The van der Waals surface area contributed by atoms with E-state index in [1.54, 1.807) is 0 Å². The van der Waals surface area contributed by atoms with Crippen LogP contribution in [0, 0.1) is 0 Å². The number of rotatable bonds is 24. The van der Waals surface area contributed by atoms with E-state index in [2.05, 4.69) is 4.76 Å². The van der Waals surface area contributed by atoms with Crippen LogP contribution in [-0.4, -0.2) is 87.0 Å². The molecule has 41 heavy (non-hydrogen) atoms. The van der Waals surface area contributed by atoms with Gasteiger partial charge in [0.05, 0.1) is 39.6 Å². The molecular weight excluding hydrogens is 561 g/mol. The molecule has 0 aromatic carbocycles. The van der Waals surface area contributed by atoms with Gasteiger partial charge in [-0.15, -0.1) is 4.76 Å². The summed E-state index contributed by atoms with van der Waals surface area (Å²) < 4.78 is 47.9. The highest BCUT2D eigenvalue weighted by molar-refractivity contribution is 7.52. The lowest BCUT2D eigenvalue weighted by atomic mass is 10.1. The third-order valence-corrected chi connectivity index (χ3v) is 7.10. The maximum Gasteiger partial charge on any atom is 0.508 e. The second kappa shape index (κ2) is 24.1. The Balaban J connectivity index is 5.01. The zero-order chi connectivity index (χ0) is 30.9. The lowest BCUT2D eigenvalue weighted by Gasteiger charge is -2.26. The Morgan fingerprint density at radius 2 is 1.15 bits per heavy atom. The summed E-state index contributed by atoms with van der Waals surface area (Å²) in [4.78, 5) is 36.2. The van der Waals surface area contributed by atoms with Gasteiger partial charge in [-0.1, -0.05) is 59.3 Å². The number of aliphatic carboxylic acids is 1. The molecule has 0 aliphatic heterocycles.